The number of pyridine rings is 1. The van der Waals surface area contributed by atoms with Crippen LogP contribution in [0.1, 0.15) is 23.2 Å². The molecule has 174 valence electrons. The van der Waals surface area contributed by atoms with Crippen molar-refractivity contribution >= 4 is 27.5 Å². The van der Waals surface area contributed by atoms with Gasteiger partial charge in [0.2, 0.25) is 15.9 Å². The zero-order chi connectivity index (χ0) is 23.5. The number of nitrogens with one attached hydrogen (secondary N) is 1. The van der Waals surface area contributed by atoms with Crippen molar-refractivity contribution in [3.8, 4) is 5.88 Å². The van der Waals surface area contributed by atoms with Gasteiger partial charge >= 0.3 is 6.18 Å². The summed E-state index contributed by atoms with van der Waals surface area (Å²) in [6.07, 6.45) is -2.81. The summed E-state index contributed by atoms with van der Waals surface area (Å²) in [6, 6.07) is 5.17. The lowest BCUT2D eigenvalue weighted by Gasteiger charge is -2.32. The average molecular weight is 496 g/mol. The normalized spacial score (nSPS) is 15.6. The Morgan fingerprint density at radius 2 is 1.84 bits per heavy atom. The highest BCUT2D eigenvalue weighted by Crippen LogP contribution is 2.26. The van der Waals surface area contributed by atoms with E-state index in [4.69, 9.17) is 11.6 Å². The van der Waals surface area contributed by atoms with Gasteiger partial charge in [0, 0.05) is 25.3 Å². The second-order valence-corrected chi connectivity index (χ2v) is 9.18. The summed E-state index contributed by atoms with van der Waals surface area (Å²) in [5.41, 5.74) is 0.0692. The van der Waals surface area contributed by atoms with Crippen LogP contribution in [0.15, 0.2) is 41.4 Å². The van der Waals surface area contributed by atoms with Gasteiger partial charge in [-0.2, -0.15) is 13.2 Å². The smallest absolute Gasteiger partial charge is 0.422 e. The third-order valence-corrected chi connectivity index (χ3v) is 6.46. The molecule has 2 heterocycles. The molecule has 1 aliphatic heterocycles. The molecular weight excluding hydrogens is 478 g/mol. The summed E-state index contributed by atoms with van der Waals surface area (Å²) in [6.45, 7) is -1.09. The van der Waals surface area contributed by atoms with Crippen molar-refractivity contribution in [3.05, 3.63) is 52.9 Å². The van der Waals surface area contributed by atoms with Crippen molar-refractivity contribution in [1.29, 1.82) is 0 Å². The molecule has 2 aromatic rings. The number of likely N-dealkylation sites (tertiary alicyclic amines) is 1. The molecule has 1 fully saturated rings. The van der Waals surface area contributed by atoms with Crippen molar-refractivity contribution in [2.24, 2.45) is 0 Å². The summed E-state index contributed by atoms with van der Waals surface area (Å²) in [5.74, 6) is -1.43. The number of amides is 1. The molecule has 0 aliphatic carbocycles. The maximum absolute atomic E-state index is 13.0. The van der Waals surface area contributed by atoms with E-state index in [1.54, 1.807) is 0 Å². The monoisotopic (exact) mass is 495 g/mol. The molecule has 32 heavy (non-hydrogen) atoms. The highest BCUT2D eigenvalue weighted by molar-refractivity contribution is 7.89. The summed E-state index contributed by atoms with van der Waals surface area (Å²) in [4.78, 5) is 17.7. The Balaban J connectivity index is 1.57. The van der Waals surface area contributed by atoms with Gasteiger partial charge < -0.3 is 9.64 Å². The number of sulfonamides is 1. The second kappa shape index (κ2) is 9.59. The lowest BCUT2D eigenvalue weighted by molar-refractivity contribution is -0.154. The van der Waals surface area contributed by atoms with Gasteiger partial charge in [-0.05, 0) is 43.2 Å². The van der Waals surface area contributed by atoms with Crippen LogP contribution in [0.2, 0.25) is 5.02 Å². The first-order valence-electron chi connectivity index (χ1n) is 9.37. The van der Waals surface area contributed by atoms with Crippen molar-refractivity contribution in [3.63, 3.8) is 0 Å². The molecule has 1 aliphatic rings. The van der Waals surface area contributed by atoms with Crippen molar-refractivity contribution in [2.75, 3.05) is 19.7 Å². The number of hydrogen-bond acceptors (Lipinski definition) is 5. The van der Waals surface area contributed by atoms with Gasteiger partial charge in [0.1, 0.15) is 10.8 Å². The number of nitrogens with zero attached hydrogens (tertiary/aromatic N) is 2. The minimum absolute atomic E-state index is 0.0639. The van der Waals surface area contributed by atoms with Gasteiger partial charge in [0.15, 0.2) is 6.61 Å². The molecule has 3 rings (SSSR count). The highest BCUT2D eigenvalue weighted by Gasteiger charge is 2.30. The minimum Gasteiger partial charge on any atom is -0.467 e. The fourth-order valence-corrected chi connectivity index (χ4v) is 4.61. The molecule has 1 aromatic heterocycles. The van der Waals surface area contributed by atoms with Crippen LogP contribution in [0, 0.1) is 5.82 Å². The quantitative estimate of drug-likeness (QED) is 0.621. The zero-order valence-corrected chi connectivity index (χ0v) is 18.0. The van der Waals surface area contributed by atoms with E-state index in [0.29, 0.717) is 12.8 Å². The first kappa shape index (κ1) is 24.2. The number of halogens is 5. The van der Waals surface area contributed by atoms with E-state index >= 15 is 0 Å². The third-order valence-electron chi connectivity index (χ3n) is 4.65. The molecule has 0 saturated carbocycles. The minimum atomic E-state index is -4.55. The molecule has 0 atom stereocenters. The van der Waals surface area contributed by atoms with Crippen molar-refractivity contribution in [1.82, 2.24) is 14.6 Å². The standard InChI is InChI=1S/C19H18ClF4N3O4S/c20-16-9-12(10-25-17(16)31-11-19(22,23)24)18(28)27-7-5-14(6-8-27)26-32(29,30)15-3-1-13(21)2-4-15/h1-4,9-10,14,26H,5-8,11H2. The second-order valence-electron chi connectivity index (χ2n) is 7.06. The van der Waals surface area contributed by atoms with Gasteiger partial charge in [-0.25, -0.2) is 22.5 Å². The fourth-order valence-electron chi connectivity index (χ4n) is 3.08. The van der Waals surface area contributed by atoms with Gasteiger partial charge in [-0.3, -0.25) is 4.79 Å². The molecule has 0 bridgehead atoms. The summed E-state index contributed by atoms with van der Waals surface area (Å²) in [5, 5.41) is -0.234. The third kappa shape index (κ3) is 6.30. The molecule has 0 unspecified atom stereocenters. The molecule has 1 amide bonds. The summed E-state index contributed by atoms with van der Waals surface area (Å²) >= 11 is 5.88. The van der Waals surface area contributed by atoms with Crippen LogP contribution < -0.4 is 9.46 Å². The summed E-state index contributed by atoms with van der Waals surface area (Å²) < 4.78 is 81.7. The topological polar surface area (TPSA) is 88.6 Å². The molecule has 0 radical (unpaired) electrons. The first-order chi connectivity index (χ1) is 14.9. The lowest BCUT2D eigenvalue weighted by atomic mass is 10.1. The Kier molecular flexibility index (Phi) is 7.25. The number of ether oxygens (including phenoxy) is 1. The molecule has 13 heteroatoms. The van der Waals surface area contributed by atoms with Crippen LogP contribution >= 0.6 is 11.6 Å². The number of alkyl halides is 3. The predicted octanol–water partition coefficient (Wildman–Crippen LogP) is 3.40. The first-order valence-corrected chi connectivity index (χ1v) is 11.2. The van der Waals surface area contributed by atoms with Crippen LogP contribution in [-0.2, 0) is 10.0 Å². The number of aromatic nitrogens is 1. The Morgan fingerprint density at radius 3 is 2.41 bits per heavy atom. The number of hydrogen-bond donors (Lipinski definition) is 1. The molecule has 1 saturated heterocycles. The van der Waals surface area contributed by atoms with E-state index in [1.807, 2.05) is 0 Å². The van der Waals surface area contributed by atoms with Gasteiger partial charge in [-0.1, -0.05) is 11.6 Å². The SMILES string of the molecule is O=C(c1cnc(OCC(F)(F)F)c(Cl)c1)N1CCC(NS(=O)(=O)c2ccc(F)cc2)CC1. The van der Waals surface area contributed by atoms with Crippen LogP contribution in [0.4, 0.5) is 17.6 Å². The van der Waals surface area contributed by atoms with E-state index in [1.165, 1.54) is 11.0 Å². The number of rotatable bonds is 6. The van der Waals surface area contributed by atoms with Gasteiger partial charge in [0.05, 0.1) is 10.5 Å². The predicted molar refractivity (Wildman–Crippen MR) is 106 cm³/mol. The largest absolute Gasteiger partial charge is 0.467 e. The Morgan fingerprint density at radius 1 is 1.22 bits per heavy atom. The van der Waals surface area contributed by atoms with E-state index in [9.17, 15) is 30.8 Å². The van der Waals surface area contributed by atoms with E-state index in [2.05, 4.69) is 14.4 Å². The van der Waals surface area contributed by atoms with Crippen LogP contribution in [-0.4, -0.2) is 56.1 Å². The maximum atomic E-state index is 13.0. The molecule has 1 N–H and O–H groups in total. The molecule has 0 spiro atoms. The molecular formula is C19H18ClF4N3O4S. The van der Waals surface area contributed by atoms with Crippen molar-refractivity contribution < 1.29 is 35.5 Å². The number of carbonyl (C=O) groups is 1. The van der Waals surface area contributed by atoms with E-state index in [0.717, 1.165) is 30.5 Å². The van der Waals surface area contributed by atoms with Crippen LogP contribution in [0.5, 0.6) is 5.88 Å². The Labute approximate surface area is 186 Å². The van der Waals surface area contributed by atoms with E-state index in [-0.39, 0.29) is 28.6 Å². The van der Waals surface area contributed by atoms with Crippen LogP contribution in [0.3, 0.4) is 0 Å². The maximum Gasteiger partial charge on any atom is 0.422 e. The average Bonchev–Trinajstić information content (AvgIpc) is 2.72. The van der Waals surface area contributed by atoms with Crippen molar-refractivity contribution in [2.45, 2.75) is 30.0 Å². The van der Waals surface area contributed by atoms with Gasteiger partial charge in [0.25, 0.3) is 5.91 Å². The fraction of sp³-hybridized carbons (Fsp3) is 0.368. The molecule has 7 nitrogen and oxygen atoms in total. The number of benzene rings is 1. The Bertz CT molecular complexity index is 1070. The molecule has 1 aromatic carbocycles. The zero-order valence-electron chi connectivity index (χ0n) is 16.4. The van der Waals surface area contributed by atoms with E-state index < -0.39 is 46.5 Å². The van der Waals surface area contributed by atoms with Gasteiger partial charge in [-0.15, -0.1) is 0 Å². The summed E-state index contributed by atoms with van der Waals surface area (Å²) in [7, 11) is -3.83. The Hall–Kier alpha value is -2.44. The lowest BCUT2D eigenvalue weighted by Crippen LogP contribution is -2.46. The highest BCUT2D eigenvalue weighted by atomic mass is 35.5. The number of piperidine rings is 1. The van der Waals surface area contributed by atoms with Crippen LogP contribution in [0.25, 0.3) is 0 Å². The number of carbonyl (C=O) groups excluding carboxylic acids is 1.